The molecule has 0 aromatic heterocycles. The van der Waals surface area contributed by atoms with Crippen LogP contribution in [0.5, 0.6) is 5.75 Å². The number of methoxy groups -OCH3 is 1. The van der Waals surface area contributed by atoms with Crippen LogP contribution in [0.2, 0.25) is 5.02 Å². The van der Waals surface area contributed by atoms with Crippen LogP contribution in [0.25, 0.3) is 0 Å². The van der Waals surface area contributed by atoms with Gasteiger partial charge in [0.2, 0.25) is 0 Å². The predicted molar refractivity (Wildman–Crippen MR) is 79.9 cm³/mol. The van der Waals surface area contributed by atoms with Crippen LogP contribution in [-0.4, -0.2) is 7.11 Å². The van der Waals surface area contributed by atoms with Crippen molar-refractivity contribution in [3.05, 3.63) is 63.4 Å². The van der Waals surface area contributed by atoms with Crippen molar-refractivity contribution in [1.29, 1.82) is 0 Å². The summed E-state index contributed by atoms with van der Waals surface area (Å²) in [4.78, 5) is 0. The molecule has 0 heterocycles. The summed E-state index contributed by atoms with van der Waals surface area (Å²) in [6.45, 7) is 4.00. The maximum atomic E-state index is 13.2. The molecule has 20 heavy (non-hydrogen) atoms. The van der Waals surface area contributed by atoms with E-state index < -0.39 is 11.9 Å². The SMILES string of the molecule is COc1c(C(N)c2ccc(F)c(Cl)c2)ccc(C)c1C. The molecule has 0 aliphatic rings. The zero-order chi connectivity index (χ0) is 14.9. The largest absolute Gasteiger partial charge is 0.496 e. The lowest BCUT2D eigenvalue weighted by Gasteiger charge is -2.19. The van der Waals surface area contributed by atoms with Crippen LogP contribution in [0, 0.1) is 19.7 Å². The molecule has 0 radical (unpaired) electrons. The number of halogens is 2. The van der Waals surface area contributed by atoms with E-state index in [0.717, 1.165) is 28.0 Å². The summed E-state index contributed by atoms with van der Waals surface area (Å²) in [7, 11) is 1.62. The second-order valence-corrected chi connectivity index (χ2v) is 5.19. The molecule has 0 aliphatic carbocycles. The minimum absolute atomic E-state index is 0.0701. The van der Waals surface area contributed by atoms with Crippen molar-refractivity contribution in [3.8, 4) is 5.75 Å². The monoisotopic (exact) mass is 293 g/mol. The first kappa shape index (κ1) is 14.8. The van der Waals surface area contributed by atoms with Gasteiger partial charge in [-0.25, -0.2) is 4.39 Å². The molecule has 2 N–H and O–H groups in total. The lowest BCUT2D eigenvalue weighted by atomic mass is 9.95. The number of ether oxygens (including phenoxy) is 1. The van der Waals surface area contributed by atoms with Gasteiger partial charge in [-0.15, -0.1) is 0 Å². The highest BCUT2D eigenvalue weighted by Crippen LogP contribution is 2.33. The summed E-state index contributed by atoms with van der Waals surface area (Å²) in [6.07, 6.45) is 0. The lowest BCUT2D eigenvalue weighted by molar-refractivity contribution is 0.404. The molecule has 4 heteroatoms. The van der Waals surface area contributed by atoms with Crippen molar-refractivity contribution in [3.63, 3.8) is 0 Å². The Labute approximate surface area is 123 Å². The van der Waals surface area contributed by atoms with E-state index in [0.29, 0.717) is 0 Å². The highest BCUT2D eigenvalue weighted by molar-refractivity contribution is 6.30. The van der Waals surface area contributed by atoms with Crippen LogP contribution in [0.4, 0.5) is 4.39 Å². The Morgan fingerprint density at radius 1 is 1.20 bits per heavy atom. The number of nitrogens with two attached hydrogens (primary N) is 1. The molecule has 2 rings (SSSR count). The third-order valence-corrected chi connectivity index (χ3v) is 3.84. The number of hydrogen-bond acceptors (Lipinski definition) is 2. The topological polar surface area (TPSA) is 35.2 Å². The molecule has 2 aromatic rings. The highest BCUT2D eigenvalue weighted by atomic mass is 35.5. The van der Waals surface area contributed by atoms with Gasteiger partial charge in [0.25, 0.3) is 0 Å². The van der Waals surface area contributed by atoms with Crippen molar-refractivity contribution >= 4 is 11.6 Å². The summed E-state index contributed by atoms with van der Waals surface area (Å²) in [5.74, 6) is 0.313. The zero-order valence-corrected chi connectivity index (χ0v) is 12.5. The van der Waals surface area contributed by atoms with Gasteiger partial charge in [-0.1, -0.05) is 29.8 Å². The van der Waals surface area contributed by atoms with Crippen LogP contribution in [0.1, 0.15) is 28.3 Å². The van der Waals surface area contributed by atoms with Crippen LogP contribution in [0.3, 0.4) is 0 Å². The number of rotatable bonds is 3. The number of benzene rings is 2. The van der Waals surface area contributed by atoms with Gasteiger partial charge in [0, 0.05) is 5.56 Å². The first-order valence-electron chi connectivity index (χ1n) is 6.30. The smallest absolute Gasteiger partial charge is 0.141 e. The van der Waals surface area contributed by atoms with Gasteiger partial charge in [-0.05, 0) is 42.7 Å². The van der Waals surface area contributed by atoms with E-state index in [1.165, 1.54) is 6.07 Å². The molecule has 0 amide bonds. The van der Waals surface area contributed by atoms with Gasteiger partial charge in [-0.2, -0.15) is 0 Å². The molecule has 2 nitrogen and oxygen atoms in total. The first-order valence-corrected chi connectivity index (χ1v) is 6.68. The highest BCUT2D eigenvalue weighted by Gasteiger charge is 2.17. The van der Waals surface area contributed by atoms with E-state index in [2.05, 4.69) is 0 Å². The number of aryl methyl sites for hydroxylation is 1. The number of hydrogen-bond donors (Lipinski definition) is 1. The Kier molecular flexibility index (Phi) is 4.31. The molecule has 2 aromatic carbocycles. The van der Waals surface area contributed by atoms with Crippen LogP contribution in [0.15, 0.2) is 30.3 Å². The van der Waals surface area contributed by atoms with Crippen LogP contribution >= 0.6 is 11.6 Å². The first-order chi connectivity index (χ1) is 9.45. The van der Waals surface area contributed by atoms with Crippen LogP contribution in [-0.2, 0) is 0 Å². The summed E-state index contributed by atoms with van der Waals surface area (Å²) < 4.78 is 18.7. The van der Waals surface area contributed by atoms with Crippen molar-refractivity contribution < 1.29 is 9.13 Å². The van der Waals surface area contributed by atoms with Crippen molar-refractivity contribution in [2.75, 3.05) is 7.11 Å². The van der Waals surface area contributed by atoms with E-state index in [9.17, 15) is 4.39 Å². The second kappa shape index (κ2) is 5.81. The quantitative estimate of drug-likeness (QED) is 0.922. The Morgan fingerprint density at radius 3 is 2.50 bits per heavy atom. The lowest BCUT2D eigenvalue weighted by Crippen LogP contribution is -2.14. The van der Waals surface area contributed by atoms with Crippen molar-refractivity contribution in [1.82, 2.24) is 0 Å². The van der Waals surface area contributed by atoms with E-state index in [1.807, 2.05) is 26.0 Å². The van der Waals surface area contributed by atoms with E-state index in [4.69, 9.17) is 22.1 Å². The second-order valence-electron chi connectivity index (χ2n) is 4.78. The fraction of sp³-hybridized carbons (Fsp3) is 0.250. The minimum Gasteiger partial charge on any atom is -0.496 e. The Hall–Kier alpha value is -1.58. The van der Waals surface area contributed by atoms with Gasteiger partial charge >= 0.3 is 0 Å². The standard InChI is InChI=1S/C16H17ClFNO/c1-9-4-6-12(16(20-3)10(9)2)15(19)11-5-7-14(18)13(17)8-11/h4-8,15H,19H2,1-3H3. The van der Waals surface area contributed by atoms with E-state index >= 15 is 0 Å². The molecule has 0 aliphatic heterocycles. The Bertz CT molecular complexity index is 643. The normalized spacial score (nSPS) is 12.3. The summed E-state index contributed by atoms with van der Waals surface area (Å²) in [6, 6.07) is 8.03. The zero-order valence-electron chi connectivity index (χ0n) is 11.7. The predicted octanol–water partition coefficient (Wildman–Crippen LogP) is 4.15. The van der Waals surface area contributed by atoms with Crippen LogP contribution < -0.4 is 10.5 Å². The fourth-order valence-electron chi connectivity index (χ4n) is 2.21. The molecule has 0 fully saturated rings. The van der Waals surface area contributed by atoms with E-state index in [-0.39, 0.29) is 5.02 Å². The molecule has 1 atom stereocenters. The molecule has 0 saturated heterocycles. The summed E-state index contributed by atoms with van der Waals surface area (Å²) in [5, 5.41) is 0.0701. The van der Waals surface area contributed by atoms with Crippen molar-refractivity contribution in [2.24, 2.45) is 5.73 Å². The minimum atomic E-state index is -0.449. The summed E-state index contributed by atoms with van der Waals surface area (Å²) >= 11 is 5.81. The Balaban J connectivity index is 2.50. The maximum Gasteiger partial charge on any atom is 0.141 e. The third kappa shape index (κ3) is 2.65. The van der Waals surface area contributed by atoms with Gasteiger partial charge < -0.3 is 10.5 Å². The molecule has 106 valence electrons. The molecule has 0 saturated carbocycles. The van der Waals surface area contributed by atoms with Crippen molar-refractivity contribution in [2.45, 2.75) is 19.9 Å². The molecular formula is C16H17ClFNO. The average molecular weight is 294 g/mol. The van der Waals surface area contributed by atoms with Gasteiger partial charge in [0.05, 0.1) is 18.2 Å². The summed E-state index contributed by atoms with van der Waals surface area (Å²) in [5.41, 5.74) is 10.1. The van der Waals surface area contributed by atoms with Gasteiger partial charge in [-0.3, -0.25) is 0 Å². The fourth-order valence-corrected chi connectivity index (χ4v) is 2.40. The molecule has 1 unspecified atom stereocenters. The average Bonchev–Trinajstić information content (AvgIpc) is 2.44. The Morgan fingerprint density at radius 2 is 1.90 bits per heavy atom. The van der Waals surface area contributed by atoms with E-state index in [1.54, 1.807) is 19.2 Å². The third-order valence-electron chi connectivity index (χ3n) is 3.55. The maximum absolute atomic E-state index is 13.2. The van der Waals surface area contributed by atoms with Gasteiger partial charge in [0.1, 0.15) is 11.6 Å². The molecule has 0 spiro atoms. The molecule has 0 bridgehead atoms. The van der Waals surface area contributed by atoms with Gasteiger partial charge in [0.15, 0.2) is 0 Å². The molecular weight excluding hydrogens is 277 g/mol.